The van der Waals surface area contributed by atoms with Crippen LogP contribution in [0.3, 0.4) is 0 Å². The summed E-state index contributed by atoms with van der Waals surface area (Å²) in [5.41, 5.74) is -0.495. The fraction of sp³-hybridized carbons (Fsp3) is 0.900. The normalized spacial score (nSPS) is 27.2. The number of ether oxygens (including phenoxy) is 1. The second kappa shape index (κ2) is 3.51. The lowest BCUT2D eigenvalue weighted by molar-refractivity contribution is -0.137. The molecule has 0 bridgehead atoms. The van der Waals surface area contributed by atoms with Crippen LogP contribution in [-0.2, 0) is 9.53 Å². The third-order valence-corrected chi connectivity index (χ3v) is 3.33. The van der Waals surface area contributed by atoms with Gasteiger partial charge in [0.05, 0.1) is 0 Å². The molecule has 2 aliphatic heterocycles. The van der Waals surface area contributed by atoms with Crippen molar-refractivity contribution < 1.29 is 9.53 Å². The first-order valence-corrected chi connectivity index (χ1v) is 5.30. The van der Waals surface area contributed by atoms with Gasteiger partial charge in [-0.3, -0.25) is 4.79 Å². The predicted molar refractivity (Wildman–Crippen MR) is 52.8 cm³/mol. The van der Waals surface area contributed by atoms with Gasteiger partial charge < -0.3 is 15.0 Å². The maximum absolute atomic E-state index is 11.6. The van der Waals surface area contributed by atoms with Crippen molar-refractivity contribution in [3.8, 4) is 0 Å². The number of hydrogen-bond acceptors (Lipinski definition) is 3. The highest BCUT2D eigenvalue weighted by Crippen LogP contribution is 2.29. The average molecular weight is 198 g/mol. The van der Waals surface area contributed by atoms with Gasteiger partial charge >= 0.3 is 0 Å². The van der Waals surface area contributed by atoms with Crippen molar-refractivity contribution in [2.45, 2.75) is 38.3 Å². The molecular weight excluding hydrogens is 180 g/mol. The molecule has 1 spiro atoms. The standard InChI is InChI=1S/C10H18N2O2/c1-8(2)12-5-3-10(4-6-12)9(13)11-7-14-10/h8H,3-7H2,1-2H3,(H,11,13). The van der Waals surface area contributed by atoms with E-state index in [0.29, 0.717) is 12.8 Å². The molecule has 0 saturated carbocycles. The number of nitrogens with one attached hydrogen (secondary N) is 1. The Hall–Kier alpha value is -0.610. The maximum Gasteiger partial charge on any atom is 0.254 e. The molecule has 2 aliphatic rings. The summed E-state index contributed by atoms with van der Waals surface area (Å²) >= 11 is 0. The topological polar surface area (TPSA) is 41.6 Å². The van der Waals surface area contributed by atoms with E-state index in [1.54, 1.807) is 0 Å². The van der Waals surface area contributed by atoms with Gasteiger partial charge in [-0.2, -0.15) is 0 Å². The Bertz CT molecular complexity index is 232. The lowest BCUT2D eigenvalue weighted by Crippen LogP contribution is -2.51. The molecule has 2 fully saturated rings. The monoisotopic (exact) mass is 198 g/mol. The largest absolute Gasteiger partial charge is 0.345 e. The molecule has 80 valence electrons. The minimum Gasteiger partial charge on any atom is -0.345 e. The van der Waals surface area contributed by atoms with Gasteiger partial charge in [0.2, 0.25) is 0 Å². The number of likely N-dealkylation sites (tertiary alicyclic amines) is 1. The van der Waals surface area contributed by atoms with Crippen LogP contribution < -0.4 is 5.32 Å². The molecule has 14 heavy (non-hydrogen) atoms. The fourth-order valence-corrected chi connectivity index (χ4v) is 2.24. The molecule has 2 rings (SSSR count). The number of amides is 1. The van der Waals surface area contributed by atoms with Crippen molar-refractivity contribution in [1.82, 2.24) is 10.2 Å². The summed E-state index contributed by atoms with van der Waals surface area (Å²) in [7, 11) is 0. The molecule has 0 unspecified atom stereocenters. The van der Waals surface area contributed by atoms with E-state index in [1.807, 2.05) is 0 Å². The molecular formula is C10H18N2O2. The number of nitrogens with zero attached hydrogens (tertiary/aromatic N) is 1. The average Bonchev–Trinajstić information content (AvgIpc) is 2.49. The van der Waals surface area contributed by atoms with E-state index in [0.717, 1.165) is 25.9 Å². The lowest BCUT2D eigenvalue weighted by Gasteiger charge is -2.38. The van der Waals surface area contributed by atoms with Crippen LogP contribution in [0.1, 0.15) is 26.7 Å². The first kappa shape index (κ1) is 9.93. The summed E-state index contributed by atoms with van der Waals surface area (Å²) in [4.78, 5) is 14.0. The maximum atomic E-state index is 11.6. The molecule has 0 aliphatic carbocycles. The lowest BCUT2D eigenvalue weighted by atomic mass is 9.90. The first-order chi connectivity index (χ1) is 6.64. The van der Waals surface area contributed by atoms with Crippen LogP contribution in [-0.4, -0.2) is 42.3 Å². The fourth-order valence-electron chi connectivity index (χ4n) is 2.24. The van der Waals surface area contributed by atoms with Crippen LogP contribution in [0.4, 0.5) is 0 Å². The Morgan fingerprint density at radius 3 is 2.50 bits per heavy atom. The molecule has 2 saturated heterocycles. The zero-order chi connectivity index (χ0) is 10.2. The molecule has 0 aromatic carbocycles. The molecule has 0 atom stereocenters. The van der Waals surface area contributed by atoms with E-state index >= 15 is 0 Å². The van der Waals surface area contributed by atoms with Crippen LogP contribution in [0.5, 0.6) is 0 Å². The molecule has 1 N–H and O–H groups in total. The number of hydrogen-bond donors (Lipinski definition) is 1. The van der Waals surface area contributed by atoms with Crippen LogP contribution >= 0.6 is 0 Å². The molecule has 1 amide bonds. The second-order valence-electron chi connectivity index (χ2n) is 4.42. The van der Waals surface area contributed by atoms with Gasteiger partial charge in [0.25, 0.3) is 5.91 Å². The molecule has 4 nitrogen and oxygen atoms in total. The van der Waals surface area contributed by atoms with E-state index in [2.05, 4.69) is 24.1 Å². The Labute approximate surface area is 84.6 Å². The quantitative estimate of drug-likeness (QED) is 0.660. The van der Waals surface area contributed by atoms with Crippen molar-refractivity contribution >= 4 is 5.91 Å². The van der Waals surface area contributed by atoms with Gasteiger partial charge in [0.1, 0.15) is 6.73 Å². The number of piperidine rings is 1. The second-order valence-corrected chi connectivity index (χ2v) is 4.42. The smallest absolute Gasteiger partial charge is 0.254 e. The highest BCUT2D eigenvalue weighted by atomic mass is 16.5. The summed E-state index contributed by atoms with van der Waals surface area (Å²) in [6, 6.07) is 0.566. The summed E-state index contributed by atoms with van der Waals surface area (Å²) in [6.07, 6.45) is 1.66. The van der Waals surface area contributed by atoms with E-state index in [-0.39, 0.29) is 5.91 Å². The van der Waals surface area contributed by atoms with Gasteiger partial charge in [-0.25, -0.2) is 0 Å². The molecule has 4 heteroatoms. The number of rotatable bonds is 1. The Morgan fingerprint density at radius 1 is 1.43 bits per heavy atom. The Kier molecular flexibility index (Phi) is 2.49. The van der Waals surface area contributed by atoms with Gasteiger partial charge in [0, 0.05) is 19.1 Å². The van der Waals surface area contributed by atoms with Gasteiger partial charge in [-0.1, -0.05) is 0 Å². The van der Waals surface area contributed by atoms with E-state index < -0.39 is 5.60 Å². The summed E-state index contributed by atoms with van der Waals surface area (Å²) in [6.45, 7) is 6.69. The van der Waals surface area contributed by atoms with E-state index in [4.69, 9.17) is 4.74 Å². The van der Waals surface area contributed by atoms with Gasteiger partial charge in [-0.15, -0.1) is 0 Å². The zero-order valence-corrected chi connectivity index (χ0v) is 8.88. The third-order valence-electron chi connectivity index (χ3n) is 3.33. The van der Waals surface area contributed by atoms with Crippen LogP contribution in [0.2, 0.25) is 0 Å². The Balaban J connectivity index is 1.98. The Morgan fingerprint density at radius 2 is 2.07 bits per heavy atom. The predicted octanol–water partition coefficient (Wildman–Crippen LogP) is 0.333. The SMILES string of the molecule is CC(C)N1CCC2(CC1)OCNC2=O. The summed E-state index contributed by atoms with van der Waals surface area (Å²) in [5, 5.41) is 2.74. The molecule has 2 heterocycles. The minimum atomic E-state index is -0.495. The van der Waals surface area contributed by atoms with Crippen LogP contribution in [0.15, 0.2) is 0 Å². The zero-order valence-electron chi connectivity index (χ0n) is 8.88. The van der Waals surface area contributed by atoms with Crippen molar-refractivity contribution in [2.24, 2.45) is 0 Å². The number of carbonyl (C=O) groups is 1. The van der Waals surface area contributed by atoms with Crippen molar-refractivity contribution in [2.75, 3.05) is 19.8 Å². The molecule has 0 radical (unpaired) electrons. The third kappa shape index (κ3) is 1.53. The van der Waals surface area contributed by atoms with Gasteiger partial charge in [-0.05, 0) is 26.7 Å². The van der Waals surface area contributed by atoms with Crippen molar-refractivity contribution in [3.05, 3.63) is 0 Å². The summed E-state index contributed by atoms with van der Waals surface area (Å²) in [5.74, 6) is 0.0842. The van der Waals surface area contributed by atoms with Crippen LogP contribution in [0, 0.1) is 0 Å². The van der Waals surface area contributed by atoms with E-state index in [9.17, 15) is 4.79 Å². The molecule has 0 aromatic rings. The van der Waals surface area contributed by atoms with Crippen molar-refractivity contribution in [3.63, 3.8) is 0 Å². The van der Waals surface area contributed by atoms with E-state index in [1.165, 1.54) is 0 Å². The summed E-state index contributed by atoms with van der Waals surface area (Å²) < 4.78 is 5.53. The molecule has 0 aromatic heterocycles. The van der Waals surface area contributed by atoms with Gasteiger partial charge in [0.15, 0.2) is 5.60 Å². The van der Waals surface area contributed by atoms with Crippen molar-refractivity contribution in [1.29, 1.82) is 0 Å². The minimum absolute atomic E-state index is 0.0842. The highest BCUT2D eigenvalue weighted by molar-refractivity contribution is 5.86. The van der Waals surface area contributed by atoms with Crippen LogP contribution in [0.25, 0.3) is 0 Å². The number of carbonyl (C=O) groups excluding carboxylic acids is 1. The first-order valence-electron chi connectivity index (χ1n) is 5.30. The highest BCUT2D eigenvalue weighted by Gasteiger charge is 2.46.